The van der Waals surface area contributed by atoms with E-state index in [1.807, 2.05) is 13.8 Å². The topological polar surface area (TPSA) is 69.6 Å². The number of rotatable bonds is 2. The summed E-state index contributed by atoms with van der Waals surface area (Å²) in [5.41, 5.74) is 6.33. The molecule has 0 fully saturated rings. The van der Waals surface area contributed by atoms with Crippen molar-refractivity contribution in [3.63, 3.8) is 0 Å². The van der Waals surface area contributed by atoms with Crippen LogP contribution < -0.4 is 5.73 Å². The highest BCUT2D eigenvalue weighted by Crippen LogP contribution is 2.28. The highest BCUT2D eigenvalue weighted by atomic mass is 19.1. The number of benzene rings is 1. The van der Waals surface area contributed by atoms with Gasteiger partial charge >= 0.3 is 0 Å². The van der Waals surface area contributed by atoms with E-state index in [1.54, 1.807) is 10.7 Å². The number of nitrogens with zero attached hydrogens (tertiary/aromatic N) is 4. The highest BCUT2D eigenvalue weighted by Gasteiger charge is 2.15. The molecule has 0 radical (unpaired) electrons. The van der Waals surface area contributed by atoms with Gasteiger partial charge in [-0.25, -0.2) is 18.7 Å². The Bertz CT molecular complexity index is 826. The molecule has 21 heavy (non-hydrogen) atoms. The fourth-order valence-electron chi connectivity index (χ4n) is 2.23. The number of nitrogens with two attached hydrogens (primary N) is 1. The molecule has 0 saturated carbocycles. The van der Waals surface area contributed by atoms with Crippen LogP contribution in [0.25, 0.3) is 22.2 Å². The molecular formula is C14H13F2N5. The smallest absolute Gasteiger partial charge is 0.220 e. The summed E-state index contributed by atoms with van der Waals surface area (Å²) in [5.74, 6) is -1.20. The Balaban J connectivity index is 2.28. The van der Waals surface area contributed by atoms with Crippen LogP contribution in [0.3, 0.4) is 0 Å². The number of aromatic nitrogens is 4. The van der Waals surface area contributed by atoms with E-state index in [0.717, 1.165) is 6.20 Å². The van der Waals surface area contributed by atoms with Gasteiger partial charge in [0, 0.05) is 11.6 Å². The van der Waals surface area contributed by atoms with Gasteiger partial charge in [0.05, 0.1) is 23.3 Å². The van der Waals surface area contributed by atoms with Crippen molar-refractivity contribution in [1.82, 2.24) is 19.7 Å². The van der Waals surface area contributed by atoms with E-state index < -0.39 is 11.6 Å². The lowest BCUT2D eigenvalue weighted by molar-refractivity contribution is 0.550. The number of fused-ring (bicyclic) bond motifs is 1. The minimum absolute atomic E-state index is 0.0280. The molecule has 7 heteroatoms. The summed E-state index contributed by atoms with van der Waals surface area (Å²) in [4.78, 5) is 7.41. The lowest BCUT2D eigenvalue weighted by atomic mass is 10.1. The number of halogens is 2. The third-order valence-electron chi connectivity index (χ3n) is 3.19. The summed E-state index contributed by atoms with van der Waals surface area (Å²) in [6.45, 7) is 3.86. The Morgan fingerprint density at radius 3 is 2.62 bits per heavy atom. The van der Waals surface area contributed by atoms with Crippen LogP contribution in [0.2, 0.25) is 0 Å². The number of anilines is 1. The van der Waals surface area contributed by atoms with Gasteiger partial charge in [-0.15, -0.1) is 0 Å². The molecule has 0 atom stereocenters. The maximum atomic E-state index is 14.2. The van der Waals surface area contributed by atoms with Gasteiger partial charge in [0.1, 0.15) is 11.5 Å². The van der Waals surface area contributed by atoms with Crippen molar-refractivity contribution in [1.29, 1.82) is 0 Å². The molecule has 5 nitrogen and oxygen atoms in total. The highest BCUT2D eigenvalue weighted by molar-refractivity contribution is 5.84. The number of hydrogen-bond donors (Lipinski definition) is 1. The summed E-state index contributed by atoms with van der Waals surface area (Å²) in [5, 5.41) is 4.54. The van der Waals surface area contributed by atoms with E-state index in [4.69, 9.17) is 5.73 Å². The van der Waals surface area contributed by atoms with E-state index in [1.165, 1.54) is 12.3 Å². The average Bonchev–Trinajstić information content (AvgIpc) is 2.86. The van der Waals surface area contributed by atoms with Crippen LogP contribution in [0, 0.1) is 11.6 Å². The van der Waals surface area contributed by atoms with Crippen LogP contribution in [0.4, 0.5) is 14.7 Å². The third-order valence-corrected chi connectivity index (χ3v) is 3.19. The zero-order valence-corrected chi connectivity index (χ0v) is 11.5. The van der Waals surface area contributed by atoms with Gasteiger partial charge in [-0.3, -0.25) is 4.68 Å². The van der Waals surface area contributed by atoms with E-state index in [9.17, 15) is 8.78 Å². The summed E-state index contributed by atoms with van der Waals surface area (Å²) < 4.78 is 29.7. The first kappa shape index (κ1) is 13.4. The van der Waals surface area contributed by atoms with Crippen LogP contribution in [0.1, 0.15) is 19.9 Å². The van der Waals surface area contributed by atoms with Crippen LogP contribution in [0.15, 0.2) is 24.5 Å². The minimum atomic E-state index is -0.654. The maximum Gasteiger partial charge on any atom is 0.220 e. The molecule has 0 aliphatic carbocycles. The van der Waals surface area contributed by atoms with Gasteiger partial charge in [-0.1, -0.05) is 0 Å². The minimum Gasteiger partial charge on any atom is -0.368 e. The zero-order valence-electron chi connectivity index (χ0n) is 11.5. The van der Waals surface area contributed by atoms with Crippen molar-refractivity contribution in [2.24, 2.45) is 0 Å². The first-order chi connectivity index (χ1) is 9.97. The average molecular weight is 289 g/mol. The van der Waals surface area contributed by atoms with Crippen molar-refractivity contribution >= 4 is 16.9 Å². The Hall–Kier alpha value is -2.57. The molecule has 0 bridgehead atoms. The predicted octanol–water partition coefficient (Wildman–Crippen LogP) is 2.93. The molecule has 0 spiro atoms. The van der Waals surface area contributed by atoms with Gasteiger partial charge in [-0.05, 0) is 26.0 Å². The Kier molecular flexibility index (Phi) is 3.04. The normalized spacial score (nSPS) is 11.5. The fraction of sp³-hybridized carbons (Fsp3) is 0.214. The molecular weight excluding hydrogens is 276 g/mol. The van der Waals surface area contributed by atoms with Gasteiger partial charge in [-0.2, -0.15) is 5.10 Å². The summed E-state index contributed by atoms with van der Waals surface area (Å²) in [6.07, 6.45) is 2.43. The fourth-order valence-corrected chi connectivity index (χ4v) is 2.23. The second-order valence-electron chi connectivity index (χ2n) is 5.00. The van der Waals surface area contributed by atoms with Crippen molar-refractivity contribution in [2.75, 3.05) is 5.73 Å². The van der Waals surface area contributed by atoms with Crippen LogP contribution in [-0.4, -0.2) is 19.7 Å². The molecule has 0 unspecified atom stereocenters. The second kappa shape index (κ2) is 4.76. The van der Waals surface area contributed by atoms with Crippen molar-refractivity contribution in [2.45, 2.75) is 19.9 Å². The van der Waals surface area contributed by atoms with Crippen LogP contribution in [0.5, 0.6) is 0 Å². The molecule has 0 aliphatic heterocycles. The molecule has 0 amide bonds. The summed E-state index contributed by atoms with van der Waals surface area (Å²) in [7, 11) is 0. The van der Waals surface area contributed by atoms with Crippen molar-refractivity contribution in [3.8, 4) is 11.3 Å². The van der Waals surface area contributed by atoms with Crippen molar-refractivity contribution in [3.05, 3.63) is 36.2 Å². The third kappa shape index (κ3) is 2.20. The second-order valence-corrected chi connectivity index (χ2v) is 5.00. The van der Waals surface area contributed by atoms with E-state index in [2.05, 4.69) is 15.1 Å². The monoisotopic (exact) mass is 289 g/mol. The van der Waals surface area contributed by atoms with E-state index in [-0.39, 0.29) is 17.7 Å². The number of nitrogen functional groups attached to an aromatic ring is 1. The maximum absolute atomic E-state index is 14.2. The zero-order chi connectivity index (χ0) is 15.1. The molecule has 1 aromatic carbocycles. The molecule has 3 rings (SSSR count). The van der Waals surface area contributed by atoms with E-state index >= 15 is 0 Å². The quantitative estimate of drug-likeness (QED) is 0.787. The lowest BCUT2D eigenvalue weighted by Crippen LogP contribution is -2.03. The SMILES string of the molecule is CC(C)n1ncc2c(F)cc(-c3nc(N)ncc3F)cc21. The number of hydrogen-bond acceptors (Lipinski definition) is 4. The van der Waals surface area contributed by atoms with Crippen molar-refractivity contribution < 1.29 is 8.78 Å². The van der Waals surface area contributed by atoms with Gasteiger partial charge in [0.15, 0.2) is 5.82 Å². The summed E-state index contributed by atoms with van der Waals surface area (Å²) >= 11 is 0. The van der Waals surface area contributed by atoms with Gasteiger partial charge < -0.3 is 5.73 Å². The first-order valence-electron chi connectivity index (χ1n) is 6.42. The van der Waals surface area contributed by atoms with Crippen LogP contribution in [-0.2, 0) is 0 Å². The molecule has 2 heterocycles. The molecule has 0 aliphatic rings. The van der Waals surface area contributed by atoms with E-state index in [0.29, 0.717) is 16.5 Å². The van der Waals surface area contributed by atoms with Gasteiger partial charge in [0.25, 0.3) is 0 Å². The molecule has 3 aromatic rings. The Labute approximate surface area is 119 Å². The largest absolute Gasteiger partial charge is 0.368 e. The van der Waals surface area contributed by atoms with Gasteiger partial charge in [0.2, 0.25) is 5.95 Å². The summed E-state index contributed by atoms with van der Waals surface area (Å²) in [6, 6.07) is 2.92. The predicted molar refractivity (Wildman–Crippen MR) is 75.5 cm³/mol. The molecule has 0 saturated heterocycles. The first-order valence-corrected chi connectivity index (χ1v) is 6.42. The molecule has 2 aromatic heterocycles. The Morgan fingerprint density at radius 1 is 1.14 bits per heavy atom. The standard InChI is InChI=1S/C14H13F2N5/c1-7(2)21-12-4-8(3-10(15)9(12)5-19-21)13-11(16)6-18-14(17)20-13/h3-7H,1-2H3,(H2,17,18,20). The molecule has 108 valence electrons. The molecule has 2 N–H and O–H groups in total. The van der Waals surface area contributed by atoms with Crippen LogP contribution >= 0.6 is 0 Å². The Morgan fingerprint density at radius 2 is 1.90 bits per heavy atom. The lowest BCUT2D eigenvalue weighted by Gasteiger charge is -2.09.